The molecule has 1 atom stereocenters. The van der Waals surface area contributed by atoms with Crippen molar-refractivity contribution in [2.24, 2.45) is 5.92 Å². The Balaban J connectivity index is 1.54. The van der Waals surface area contributed by atoms with Crippen LogP contribution in [0.25, 0.3) is 5.78 Å². The van der Waals surface area contributed by atoms with Crippen molar-refractivity contribution < 1.29 is 9.32 Å². The van der Waals surface area contributed by atoms with Crippen molar-refractivity contribution in [2.75, 3.05) is 6.26 Å². The summed E-state index contributed by atoms with van der Waals surface area (Å²) in [5.74, 6) is 2.18. The summed E-state index contributed by atoms with van der Waals surface area (Å²) >= 11 is 1.46. The molecular formula is C19H25N7O2S. The normalized spacial score (nSPS) is 15.2. The molecule has 1 fully saturated rings. The number of hydrogen-bond donors (Lipinski definition) is 1. The van der Waals surface area contributed by atoms with Crippen LogP contribution in [-0.2, 0) is 11.2 Å². The Hall–Kier alpha value is -2.49. The van der Waals surface area contributed by atoms with Gasteiger partial charge in [-0.3, -0.25) is 4.79 Å². The van der Waals surface area contributed by atoms with Gasteiger partial charge in [0, 0.05) is 22.9 Å². The molecule has 10 heteroatoms. The van der Waals surface area contributed by atoms with Crippen molar-refractivity contribution in [1.29, 1.82) is 0 Å². The molecule has 1 unspecified atom stereocenters. The molecule has 29 heavy (non-hydrogen) atoms. The highest BCUT2D eigenvalue weighted by Crippen LogP contribution is 2.38. The SMILES string of the molecule is CSc1nc2nc(C)c(CC(=O)NC(c3nc(C4CC4)no3)C(C)C)c(C)n2n1. The van der Waals surface area contributed by atoms with Crippen LogP contribution in [-0.4, -0.2) is 41.9 Å². The summed E-state index contributed by atoms with van der Waals surface area (Å²) in [4.78, 5) is 26.3. The molecule has 9 nitrogen and oxygen atoms in total. The Kier molecular flexibility index (Phi) is 5.28. The maximum absolute atomic E-state index is 12.9. The van der Waals surface area contributed by atoms with Crippen molar-refractivity contribution in [3.8, 4) is 0 Å². The van der Waals surface area contributed by atoms with E-state index in [1.54, 1.807) is 4.52 Å². The van der Waals surface area contributed by atoms with E-state index in [4.69, 9.17) is 4.52 Å². The third-order valence-electron chi connectivity index (χ3n) is 5.20. The van der Waals surface area contributed by atoms with E-state index in [1.807, 2.05) is 34.0 Å². The van der Waals surface area contributed by atoms with Gasteiger partial charge in [-0.2, -0.15) is 9.97 Å². The smallest absolute Gasteiger partial charge is 0.253 e. The molecule has 1 amide bonds. The number of fused-ring (bicyclic) bond motifs is 1. The summed E-state index contributed by atoms with van der Waals surface area (Å²) < 4.78 is 7.14. The minimum atomic E-state index is -0.325. The fraction of sp³-hybridized carbons (Fsp3) is 0.579. The summed E-state index contributed by atoms with van der Waals surface area (Å²) in [5, 5.41) is 12.2. The van der Waals surface area contributed by atoms with Crippen molar-refractivity contribution in [3.05, 3.63) is 28.7 Å². The summed E-state index contributed by atoms with van der Waals surface area (Å²) in [7, 11) is 0. The third kappa shape index (κ3) is 3.98. The molecule has 3 heterocycles. The zero-order valence-corrected chi connectivity index (χ0v) is 18.1. The predicted molar refractivity (Wildman–Crippen MR) is 108 cm³/mol. The second kappa shape index (κ2) is 7.74. The maximum atomic E-state index is 12.9. The standard InChI is InChI=1S/C19H25N7O2S/c1-9(2)15(17-22-16(25-28-17)12-6-7-12)21-14(27)8-13-10(3)20-18-23-19(29-5)24-26(18)11(13)4/h9,12,15H,6-8H2,1-5H3,(H,21,27). The van der Waals surface area contributed by atoms with Gasteiger partial charge in [-0.25, -0.2) is 9.50 Å². The van der Waals surface area contributed by atoms with Crippen LogP contribution in [0.4, 0.5) is 0 Å². The number of nitrogens with one attached hydrogen (secondary N) is 1. The average molecular weight is 416 g/mol. The van der Waals surface area contributed by atoms with Crippen molar-refractivity contribution >= 4 is 23.4 Å². The lowest BCUT2D eigenvalue weighted by atomic mass is 10.0. The van der Waals surface area contributed by atoms with Crippen LogP contribution in [0.3, 0.4) is 0 Å². The molecule has 0 spiro atoms. The summed E-state index contributed by atoms with van der Waals surface area (Å²) in [5.41, 5.74) is 2.49. The number of rotatable bonds is 7. The van der Waals surface area contributed by atoms with Gasteiger partial charge in [0.1, 0.15) is 6.04 Å². The van der Waals surface area contributed by atoms with Crippen LogP contribution in [0, 0.1) is 19.8 Å². The van der Waals surface area contributed by atoms with Gasteiger partial charge < -0.3 is 9.84 Å². The Bertz CT molecular complexity index is 1050. The Labute approximate surface area is 173 Å². The van der Waals surface area contributed by atoms with E-state index in [-0.39, 0.29) is 24.3 Å². The van der Waals surface area contributed by atoms with E-state index in [2.05, 4.69) is 30.5 Å². The van der Waals surface area contributed by atoms with Crippen LogP contribution in [0.2, 0.25) is 0 Å². The second-order valence-electron chi connectivity index (χ2n) is 7.80. The molecule has 3 aromatic heterocycles. The van der Waals surface area contributed by atoms with E-state index >= 15 is 0 Å². The monoisotopic (exact) mass is 415 g/mol. The molecule has 0 radical (unpaired) electrons. The van der Waals surface area contributed by atoms with Gasteiger partial charge >= 0.3 is 0 Å². The lowest BCUT2D eigenvalue weighted by Gasteiger charge is -2.19. The average Bonchev–Trinajstić information content (AvgIpc) is 3.26. The van der Waals surface area contributed by atoms with E-state index < -0.39 is 0 Å². The van der Waals surface area contributed by atoms with E-state index in [0.29, 0.717) is 22.7 Å². The third-order valence-corrected chi connectivity index (χ3v) is 5.74. The lowest BCUT2D eigenvalue weighted by molar-refractivity contribution is -0.121. The fourth-order valence-electron chi connectivity index (χ4n) is 3.31. The van der Waals surface area contributed by atoms with Crippen LogP contribution in [0.1, 0.15) is 67.3 Å². The first-order chi connectivity index (χ1) is 13.9. The number of aryl methyl sites for hydroxylation is 2. The molecule has 0 aliphatic heterocycles. The van der Waals surface area contributed by atoms with Gasteiger partial charge in [0.2, 0.25) is 17.0 Å². The zero-order valence-electron chi connectivity index (χ0n) is 17.3. The van der Waals surface area contributed by atoms with Gasteiger partial charge in [0.15, 0.2) is 5.82 Å². The highest BCUT2D eigenvalue weighted by atomic mass is 32.2. The molecule has 1 N–H and O–H groups in total. The van der Waals surface area contributed by atoms with Crippen LogP contribution in [0.15, 0.2) is 9.68 Å². The number of carbonyl (C=O) groups is 1. The highest BCUT2D eigenvalue weighted by Gasteiger charge is 2.31. The van der Waals surface area contributed by atoms with E-state index in [0.717, 1.165) is 35.6 Å². The maximum Gasteiger partial charge on any atom is 0.253 e. The molecule has 0 saturated heterocycles. The van der Waals surface area contributed by atoms with Crippen LogP contribution >= 0.6 is 11.8 Å². The predicted octanol–water partition coefficient (Wildman–Crippen LogP) is 2.78. The molecular weight excluding hydrogens is 390 g/mol. The van der Waals surface area contributed by atoms with E-state index in [9.17, 15) is 4.79 Å². The lowest BCUT2D eigenvalue weighted by Crippen LogP contribution is -2.33. The molecule has 1 aliphatic carbocycles. The van der Waals surface area contributed by atoms with Gasteiger partial charge in [-0.15, -0.1) is 5.10 Å². The summed E-state index contributed by atoms with van der Waals surface area (Å²) in [6, 6.07) is -0.325. The summed E-state index contributed by atoms with van der Waals surface area (Å²) in [6.45, 7) is 7.87. The highest BCUT2D eigenvalue weighted by molar-refractivity contribution is 7.98. The number of nitrogens with zero attached hydrogens (tertiary/aromatic N) is 6. The summed E-state index contributed by atoms with van der Waals surface area (Å²) in [6.07, 6.45) is 4.32. The molecule has 154 valence electrons. The number of aromatic nitrogens is 6. The Morgan fingerprint density at radius 2 is 2.03 bits per heavy atom. The van der Waals surface area contributed by atoms with Crippen LogP contribution < -0.4 is 5.32 Å². The van der Waals surface area contributed by atoms with Crippen molar-refractivity contribution in [1.82, 2.24) is 35.0 Å². The quantitative estimate of drug-likeness (QED) is 0.586. The molecule has 4 rings (SSSR count). The van der Waals surface area contributed by atoms with Crippen molar-refractivity contribution in [2.45, 2.75) is 64.1 Å². The second-order valence-corrected chi connectivity index (χ2v) is 8.58. The van der Waals surface area contributed by atoms with Gasteiger partial charge in [0.25, 0.3) is 5.78 Å². The minimum Gasteiger partial charge on any atom is -0.344 e. The van der Waals surface area contributed by atoms with Crippen LogP contribution in [0.5, 0.6) is 0 Å². The molecule has 1 aliphatic rings. The topological polar surface area (TPSA) is 111 Å². The number of carbonyl (C=O) groups excluding carboxylic acids is 1. The minimum absolute atomic E-state index is 0.118. The van der Waals surface area contributed by atoms with Crippen molar-refractivity contribution in [3.63, 3.8) is 0 Å². The molecule has 3 aromatic rings. The molecule has 0 aromatic carbocycles. The van der Waals surface area contributed by atoms with Gasteiger partial charge in [0.05, 0.1) is 6.42 Å². The number of thioether (sulfide) groups is 1. The first-order valence-electron chi connectivity index (χ1n) is 9.77. The number of amides is 1. The van der Waals surface area contributed by atoms with Gasteiger partial charge in [-0.1, -0.05) is 30.8 Å². The zero-order chi connectivity index (χ0) is 20.7. The van der Waals surface area contributed by atoms with E-state index in [1.165, 1.54) is 11.8 Å². The first kappa shape index (κ1) is 19.8. The number of hydrogen-bond acceptors (Lipinski definition) is 8. The molecule has 0 bridgehead atoms. The van der Waals surface area contributed by atoms with Gasteiger partial charge in [-0.05, 0) is 38.9 Å². The first-order valence-corrected chi connectivity index (χ1v) is 11.0. The largest absolute Gasteiger partial charge is 0.344 e. The fourth-order valence-corrected chi connectivity index (χ4v) is 3.65. The Morgan fingerprint density at radius 1 is 1.28 bits per heavy atom. The molecule has 1 saturated carbocycles. The Morgan fingerprint density at radius 3 is 2.69 bits per heavy atom.